The van der Waals surface area contributed by atoms with Crippen LogP contribution < -0.4 is 11.1 Å². The first-order valence-electron chi connectivity index (χ1n) is 8.54. The lowest BCUT2D eigenvalue weighted by Gasteiger charge is -2.17. The van der Waals surface area contributed by atoms with Crippen LogP contribution in [0.2, 0.25) is 0 Å². The maximum absolute atomic E-state index is 13.3. The molecule has 0 bridgehead atoms. The Bertz CT molecular complexity index is 800. The van der Waals surface area contributed by atoms with Gasteiger partial charge in [0.2, 0.25) is 5.91 Å². The summed E-state index contributed by atoms with van der Waals surface area (Å²) in [4.78, 5) is 12.4. The van der Waals surface area contributed by atoms with Crippen LogP contribution in [0.4, 0.5) is 19.0 Å². The normalized spacial score (nSPS) is 20.3. The summed E-state index contributed by atoms with van der Waals surface area (Å²) >= 11 is 0. The van der Waals surface area contributed by atoms with Crippen LogP contribution in [0.5, 0.6) is 0 Å². The zero-order valence-corrected chi connectivity index (χ0v) is 14.4. The van der Waals surface area contributed by atoms with Crippen molar-refractivity contribution in [2.75, 3.05) is 5.32 Å². The molecule has 1 aromatic heterocycles. The lowest BCUT2D eigenvalue weighted by Crippen LogP contribution is -2.28. The van der Waals surface area contributed by atoms with Gasteiger partial charge in [-0.2, -0.15) is 18.3 Å². The first-order chi connectivity index (χ1) is 12.3. The molecular formula is C18H21F3N4O. The van der Waals surface area contributed by atoms with E-state index in [1.165, 1.54) is 18.2 Å². The van der Waals surface area contributed by atoms with Crippen LogP contribution in [0.15, 0.2) is 30.3 Å². The summed E-state index contributed by atoms with van der Waals surface area (Å²) in [6.45, 7) is 1.66. The molecule has 1 saturated carbocycles. The Morgan fingerprint density at radius 2 is 2.08 bits per heavy atom. The molecule has 26 heavy (non-hydrogen) atoms. The Morgan fingerprint density at radius 1 is 1.35 bits per heavy atom. The maximum Gasteiger partial charge on any atom is 0.418 e. The molecule has 140 valence electrons. The molecule has 1 aromatic carbocycles. The molecule has 3 N–H and O–H groups in total. The minimum atomic E-state index is -4.52. The highest BCUT2D eigenvalue weighted by Crippen LogP contribution is 2.35. The van der Waals surface area contributed by atoms with Crippen LogP contribution in [-0.2, 0) is 11.0 Å². The number of alkyl halides is 3. The van der Waals surface area contributed by atoms with Crippen LogP contribution in [0.25, 0.3) is 5.69 Å². The highest BCUT2D eigenvalue weighted by atomic mass is 19.4. The molecule has 2 aromatic rings. The van der Waals surface area contributed by atoms with E-state index in [-0.39, 0.29) is 35.8 Å². The first kappa shape index (κ1) is 18.4. The van der Waals surface area contributed by atoms with Gasteiger partial charge in [-0.15, -0.1) is 0 Å². The molecule has 1 amide bonds. The number of nitrogens with zero attached hydrogens (tertiary/aromatic N) is 2. The van der Waals surface area contributed by atoms with Crippen molar-refractivity contribution < 1.29 is 18.0 Å². The second-order valence-corrected chi connectivity index (χ2v) is 6.70. The number of hydrogen-bond acceptors (Lipinski definition) is 3. The molecule has 5 nitrogen and oxygen atoms in total. The van der Waals surface area contributed by atoms with Gasteiger partial charge in [0.25, 0.3) is 0 Å². The number of halogens is 3. The maximum atomic E-state index is 13.3. The third-order valence-electron chi connectivity index (χ3n) is 4.70. The van der Waals surface area contributed by atoms with Gasteiger partial charge in [-0.3, -0.25) is 4.79 Å². The summed E-state index contributed by atoms with van der Waals surface area (Å²) in [6, 6.07) is 6.71. The summed E-state index contributed by atoms with van der Waals surface area (Å²) in [5, 5.41) is 6.83. The zero-order chi connectivity index (χ0) is 18.9. The first-order valence-corrected chi connectivity index (χ1v) is 8.54. The number of amides is 1. The summed E-state index contributed by atoms with van der Waals surface area (Å²) < 4.78 is 41.0. The number of anilines is 1. The molecule has 0 aliphatic heterocycles. The van der Waals surface area contributed by atoms with Gasteiger partial charge in [0, 0.05) is 18.5 Å². The molecule has 3 rings (SSSR count). The standard InChI is InChI=1S/C18H21F3N4O/c1-11-9-16(23-17(26)10-12-5-4-7-14(12)22)25(24-11)15-8-3-2-6-13(15)18(19,20)21/h2-3,6,8-9,12,14H,4-5,7,10,22H2,1H3,(H,23,26)/t12-,14+/m0/s1. The van der Waals surface area contributed by atoms with Crippen LogP contribution >= 0.6 is 0 Å². The highest BCUT2D eigenvalue weighted by molar-refractivity contribution is 5.90. The molecule has 1 aliphatic carbocycles. The number of nitrogens with two attached hydrogens (primary N) is 1. The number of carbonyl (C=O) groups is 1. The van der Waals surface area contributed by atoms with Gasteiger partial charge in [0.05, 0.1) is 16.9 Å². The number of aryl methyl sites for hydroxylation is 1. The van der Waals surface area contributed by atoms with Gasteiger partial charge in [-0.25, -0.2) is 4.68 Å². The van der Waals surface area contributed by atoms with E-state index in [1.807, 2.05) is 0 Å². The highest BCUT2D eigenvalue weighted by Gasteiger charge is 2.34. The lowest BCUT2D eigenvalue weighted by atomic mass is 10.00. The topological polar surface area (TPSA) is 72.9 Å². The van der Waals surface area contributed by atoms with E-state index in [1.54, 1.807) is 13.0 Å². The third kappa shape index (κ3) is 3.90. The second kappa shape index (κ2) is 7.11. The van der Waals surface area contributed by atoms with Crippen molar-refractivity contribution in [2.45, 2.75) is 44.8 Å². The molecule has 0 saturated heterocycles. The second-order valence-electron chi connectivity index (χ2n) is 6.70. The number of nitrogens with one attached hydrogen (secondary N) is 1. The van der Waals surface area contributed by atoms with Gasteiger partial charge in [0.15, 0.2) is 0 Å². The van der Waals surface area contributed by atoms with E-state index in [4.69, 9.17) is 5.73 Å². The van der Waals surface area contributed by atoms with Crippen LogP contribution in [0, 0.1) is 12.8 Å². The monoisotopic (exact) mass is 366 g/mol. The van der Waals surface area contributed by atoms with Crippen molar-refractivity contribution in [3.8, 4) is 5.69 Å². The van der Waals surface area contributed by atoms with E-state index in [0.717, 1.165) is 30.0 Å². The Morgan fingerprint density at radius 3 is 2.73 bits per heavy atom. The number of benzene rings is 1. The Labute approximate surface area is 149 Å². The molecule has 0 spiro atoms. The van der Waals surface area contributed by atoms with E-state index in [2.05, 4.69) is 10.4 Å². The fraction of sp³-hybridized carbons (Fsp3) is 0.444. The van der Waals surface area contributed by atoms with Crippen LogP contribution in [-0.4, -0.2) is 21.7 Å². The van der Waals surface area contributed by atoms with Crippen molar-refractivity contribution in [3.63, 3.8) is 0 Å². The number of aromatic nitrogens is 2. The number of rotatable bonds is 4. The Kier molecular flexibility index (Phi) is 5.04. The molecule has 8 heteroatoms. The lowest BCUT2D eigenvalue weighted by molar-refractivity contribution is -0.137. The van der Waals surface area contributed by atoms with Crippen molar-refractivity contribution in [2.24, 2.45) is 11.7 Å². The SMILES string of the molecule is Cc1cc(NC(=O)C[C@@H]2CCC[C@H]2N)n(-c2ccccc2C(F)(F)F)n1. The predicted octanol–water partition coefficient (Wildman–Crippen LogP) is 3.66. The molecule has 1 aliphatic rings. The number of hydrogen-bond donors (Lipinski definition) is 2. The third-order valence-corrected chi connectivity index (χ3v) is 4.70. The minimum absolute atomic E-state index is 0.00153. The van der Waals surface area contributed by atoms with Gasteiger partial charge in [0.1, 0.15) is 5.82 Å². The van der Waals surface area contributed by atoms with Crippen LogP contribution in [0.1, 0.15) is 36.9 Å². The predicted molar refractivity (Wildman–Crippen MR) is 91.9 cm³/mol. The summed E-state index contributed by atoms with van der Waals surface area (Å²) in [5.41, 5.74) is 5.57. The van der Waals surface area contributed by atoms with E-state index in [9.17, 15) is 18.0 Å². The van der Waals surface area contributed by atoms with Crippen LogP contribution in [0.3, 0.4) is 0 Å². The number of carbonyl (C=O) groups excluding carboxylic acids is 1. The summed E-state index contributed by atoms with van der Waals surface area (Å²) in [5.74, 6) is 0.0590. The largest absolute Gasteiger partial charge is 0.418 e. The van der Waals surface area contributed by atoms with Gasteiger partial charge >= 0.3 is 6.18 Å². The van der Waals surface area contributed by atoms with E-state index < -0.39 is 11.7 Å². The summed E-state index contributed by atoms with van der Waals surface area (Å²) in [6.07, 6.45) is -1.48. The van der Waals surface area contributed by atoms with Gasteiger partial charge in [-0.05, 0) is 37.8 Å². The quantitative estimate of drug-likeness (QED) is 0.867. The van der Waals surface area contributed by atoms with Crippen molar-refractivity contribution in [1.29, 1.82) is 0 Å². The molecule has 0 radical (unpaired) electrons. The van der Waals surface area contributed by atoms with Gasteiger partial charge < -0.3 is 11.1 Å². The van der Waals surface area contributed by atoms with E-state index >= 15 is 0 Å². The molecule has 0 unspecified atom stereocenters. The van der Waals surface area contributed by atoms with Gasteiger partial charge in [-0.1, -0.05) is 18.6 Å². The smallest absolute Gasteiger partial charge is 0.327 e. The molecule has 1 heterocycles. The average Bonchev–Trinajstić information content (AvgIpc) is 3.12. The minimum Gasteiger partial charge on any atom is -0.327 e. The fourth-order valence-corrected chi connectivity index (χ4v) is 3.42. The average molecular weight is 366 g/mol. The molecule has 1 fully saturated rings. The van der Waals surface area contributed by atoms with E-state index in [0.29, 0.717) is 5.69 Å². The number of para-hydroxylation sites is 1. The molecule has 2 atom stereocenters. The van der Waals surface area contributed by atoms with Crippen molar-refractivity contribution >= 4 is 11.7 Å². The van der Waals surface area contributed by atoms with Crippen molar-refractivity contribution in [1.82, 2.24) is 9.78 Å². The fourth-order valence-electron chi connectivity index (χ4n) is 3.42. The summed E-state index contributed by atoms with van der Waals surface area (Å²) in [7, 11) is 0. The Hall–Kier alpha value is -2.35. The zero-order valence-electron chi connectivity index (χ0n) is 14.4. The van der Waals surface area contributed by atoms with Crippen molar-refractivity contribution in [3.05, 3.63) is 41.6 Å². The Balaban J connectivity index is 1.87. The molecular weight excluding hydrogens is 345 g/mol.